The van der Waals surface area contributed by atoms with Crippen LogP contribution in [0.15, 0.2) is 35.1 Å². The molecule has 5 heterocycles. The van der Waals surface area contributed by atoms with Gasteiger partial charge in [0.2, 0.25) is 5.95 Å². The number of hydrogen-bond donors (Lipinski definition) is 3. The van der Waals surface area contributed by atoms with Gasteiger partial charge in [-0.2, -0.15) is 10.1 Å². The molecule has 11 nitrogen and oxygen atoms in total. The maximum atomic E-state index is 5.77. The zero-order valence-electron chi connectivity index (χ0n) is 18.8. The average molecular weight is 447 g/mol. The van der Waals surface area contributed by atoms with E-state index in [9.17, 15) is 0 Å². The van der Waals surface area contributed by atoms with Gasteiger partial charge in [0, 0.05) is 55.1 Å². The normalized spacial score (nSPS) is 15.7. The van der Waals surface area contributed by atoms with E-state index in [-0.39, 0.29) is 6.04 Å². The van der Waals surface area contributed by atoms with E-state index < -0.39 is 0 Å². The Labute approximate surface area is 191 Å². The van der Waals surface area contributed by atoms with Gasteiger partial charge < -0.3 is 20.1 Å². The molecule has 0 saturated carbocycles. The summed E-state index contributed by atoms with van der Waals surface area (Å²) in [5.74, 6) is 3.52. The summed E-state index contributed by atoms with van der Waals surface area (Å²) in [7, 11) is 0. The molecule has 1 atom stereocenters. The number of aromatic nitrogens is 7. The molecule has 1 aliphatic heterocycles. The molecule has 4 aromatic heterocycles. The highest BCUT2D eigenvalue weighted by Gasteiger charge is 2.32. The van der Waals surface area contributed by atoms with Gasteiger partial charge in [-0.3, -0.25) is 5.10 Å². The summed E-state index contributed by atoms with van der Waals surface area (Å²) in [5, 5.41) is 17.9. The SMILES string of the molecule is CCNc1nccnc1-c1cc([C@@H]2CCCN2c2nc(C)cc(Nc3cc(C)[nH]n3)n2)on1. The first-order chi connectivity index (χ1) is 16.1. The first-order valence-electron chi connectivity index (χ1n) is 11.0. The van der Waals surface area contributed by atoms with E-state index >= 15 is 0 Å². The first-order valence-corrected chi connectivity index (χ1v) is 11.0. The Bertz CT molecular complexity index is 1250. The minimum atomic E-state index is -0.00668. The predicted octanol–water partition coefficient (Wildman–Crippen LogP) is 3.78. The van der Waals surface area contributed by atoms with Crippen LogP contribution in [0.25, 0.3) is 11.4 Å². The van der Waals surface area contributed by atoms with Crippen molar-refractivity contribution in [2.75, 3.05) is 28.6 Å². The molecule has 1 aliphatic rings. The Balaban J connectivity index is 1.41. The third-order valence-corrected chi connectivity index (χ3v) is 5.46. The molecule has 33 heavy (non-hydrogen) atoms. The average Bonchev–Trinajstić information content (AvgIpc) is 3.54. The van der Waals surface area contributed by atoms with Crippen LogP contribution in [0, 0.1) is 13.8 Å². The van der Waals surface area contributed by atoms with E-state index in [4.69, 9.17) is 14.5 Å². The van der Waals surface area contributed by atoms with Crippen LogP contribution < -0.4 is 15.5 Å². The Morgan fingerprint density at radius 2 is 2.00 bits per heavy atom. The fourth-order valence-corrected chi connectivity index (χ4v) is 4.04. The Kier molecular flexibility index (Phi) is 5.59. The van der Waals surface area contributed by atoms with Gasteiger partial charge in [0.1, 0.15) is 17.2 Å². The summed E-state index contributed by atoms with van der Waals surface area (Å²) >= 11 is 0. The van der Waals surface area contributed by atoms with Crippen LogP contribution in [0.5, 0.6) is 0 Å². The van der Waals surface area contributed by atoms with Crippen molar-refractivity contribution in [1.82, 2.24) is 35.3 Å². The zero-order chi connectivity index (χ0) is 22.8. The molecular weight excluding hydrogens is 420 g/mol. The van der Waals surface area contributed by atoms with Crippen LogP contribution in [0.3, 0.4) is 0 Å². The molecule has 0 aromatic carbocycles. The topological polar surface area (TPSA) is 134 Å². The van der Waals surface area contributed by atoms with Crippen molar-refractivity contribution in [1.29, 1.82) is 0 Å². The zero-order valence-corrected chi connectivity index (χ0v) is 18.8. The fraction of sp³-hybridized carbons (Fsp3) is 0.364. The number of anilines is 4. The van der Waals surface area contributed by atoms with E-state index in [0.29, 0.717) is 29.0 Å². The lowest BCUT2D eigenvalue weighted by Crippen LogP contribution is -2.25. The molecule has 1 saturated heterocycles. The molecule has 3 N–H and O–H groups in total. The van der Waals surface area contributed by atoms with Crippen molar-refractivity contribution in [3.63, 3.8) is 0 Å². The molecule has 0 unspecified atom stereocenters. The van der Waals surface area contributed by atoms with Gasteiger partial charge in [-0.15, -0.1) is 0 Å². The first kappa shape index (κ1) is 20.9. The van der Waals surface area contributed by atoms with Crippen LogP contribution in [0.2, 0.25) is 0 Å². The Morgan fingerprint density at radius 3 is 2.82 bits per heavy atom. The van der Waals surface area contributed by atoms with Crippen LogP contribution in [0.4, 0.5) is 23.4 Å². The van der Waals surface area contributed by atoms with Gasteiger partial charge in [0.15, 0.2) is 17.4 Å². The minimum Gasteiger partial charge on any atom is -0.368 e. The van der Waals surface area contributed by atoms with Crippen molar-refractivity contribution in [2.24, 2.45) is 0 Å². The van der Waals surface area contributed by atoms with Crippen molar-refractivity contribution in [3.8, 4) is 11.4 Å². The van der Waals surface area contributed by atoms with Gasteiger partial charge in [0.25, 0.3) is 0 Å². The molecule has 0 radical (unpaired) electrons. The van der Waals surface area contributed by atoms with Gasteiger partial charge in [-0.25, -0.2) is 15.0 Å². The molecule has 0 spiro atoms. The minimum absolute atomic E-state index is 0.00668. The van der Waals surface area contributed by atoms with Gasteiger partial charge >= 0.3 is 0 Å². The second-order valence-corrected chi connectivity index (χ2v) is 8.01. The molecule has 0 amide bonds. The van der Waals surface area contributed by atoms with E-state index in [1.54, 1.807) is 12.4 Å². The summed E-state index contributed by atoms with van der Waals surface area (Å²) in [6.45, 7) is 7.50. The second-order valence-electron chi connectivity index (χ2n) is 8.01. The van der Waals surface area contributed by atoms with Crippen LogP contribution in [-0.2, 0) is 0 Å². The largest absolute Gasteiger partial charge is 0.368 e. The number of nitrogens with one attached hydrogen (secondary N) is 3. The second kappa shape index (κ2) is 8.85. The number of aryl methyl sites for hydroxylation is 2. The maximum absolute atomic E-state index is 5.77. The third kappa shape index (κ3) is 4.34. The van der Waals surface area contributed by atoms with Gasteiger partial charge in [-0.05, 0) is 33.6 Å². The lowest BCUT2D eigenvalue weighted by molar-refractivity contribution is 0.362. The molecule has 1 fully saturated rings. The van der Waals surface area contributed by atoms with E-state index in [0.717, 1.165) is 48.9 Å². The van der Waals surface area contributed by atoms with Crippen LogP contribution in [0.1, 0.15) is 43.0 Å². The number of H-pyrrole nitrogens is 1. The summed E-state index contributed by atoms with van der Waals surface area (Å²) in [5.41, 5.74) is 3.17. The Morgan fingerprint density at radius 1 is 1.12 bits per heavy atom. The predicted molar refractivity (Wildman–Crippen MR) is 124 cm³/mol. The highest BCUT2D eigenvalue weighted by atomic mass is 16.5. The van der Waals surface area contributed by atoms with E-state index in [1.165, 1.54) is 0 Å². The molecule has 170 valence electrons. The van der Waals surface area contributed by atoms with Crippen LogP contribution in [-0.4, -0.2) is 48.4 Å². The monoisotopic (exact) mass is 446 g/mol. The van der Waals surface area contributed by atoms with Crippen molar-refractivity contribution in [2.45, 2.75) is 39.7 Å². The molecule has 11 heteroatoms. The van der Waals surface area contributed by atoms with Crippen molar-refractivity contribution >= 4 is 23.4 Å². The summed E-state index contributed by atoms with van der Waals surface area (Å²) < 4.78 is 5.77. The fourth-order valence-electron chi connectivity index (χ4n) is 4.04. The molecule has 4 aromatic rings. The number of nitrogens with zero attached hydrogens (tertiary/aromatic N) is 7. The summed E-state index contributed by atoms with van der Waals surface area (Å²) in [6, 6.07) is 5.77. The van der Waals surface area contributed by atoms with E-state index in [1.807, 2.05) is 39.0 Å². The van der Waals surface area contributed by atoms with Crippen molar-refractivity contribution in [3.05, 3.63) is 47.7 Å². The summed E-state index contributed by atoms with van der Waals surface area (Å²) in [4.78, 5) is 20.4. The number of rotatable bonds is 7. The Hall–Kier alpha value is -4.02. The molecular formula is C22H26N10O. The quantitative estimate of drug-likeness (QED) is 0.385. The van der Waals surface area contributed by atoms with E-state index in [2.05, 4.69) is 40.9 Å². The molecule has 0 aliphatic carbocycles. The van der Waals surface area contributed by atoms with Crippen molar-refractivity contribution < 1.29 is 4.52 Å². The van der Waals surface area contributed by atoms with Crippen LogP contribution >= 0.6 is 0 Å². The molecule has 0 bridgehead atoms. The standard InChI is InChI=1S/C22H26N10O/c1-4-23-21-20(24-7-8-25-21)15-12-17(33-31-15)16-6-5-9-32(16)22-26-13(2)10-18(28-22)27-19-11-14(3)29-30-19/h7-8,10-12,16H,4-6,9H2,1-3H3,(H,23,25)(H2,26,27,28,29,30)/t16-/m0/s1. The summed E-state index contributed by atoms with van der Waals surface area (Å²) in [6.07, 6.45) is 5.25. The highest BCUT2D eigenvalue weighted by molar-refractivity contribution is 5.68. The highest BCUT2D eigenvalue weighted by Crippen LogP contribution is 2.37. The lowest BCUT2D eigenvalue weighted by atomic mass is 10.1. The molecule has 5 rings (SSSR count). The number of hydrogen-bond acceptors (Lipinski definition) is 10. The van der Waals surface area contributed by atoms with Gasteiger partial charge in [0.05, 0.1) is 6.04 Å². The third-order valence-electron chi connectivity index (χ3n) is 5.46. The van der Waals surface area contributed by atoms with Gasteiger partial charge in [-0.1, -0.05) is 5.16 Å². The maximum Gasteiger partial charge on any atom is 0.228 e. The number of aromatic amines is 1. The smallest absolute Gasteiger partial charge is 0.228 e. The lowest BCUT2D eigenvalue weighted by Gasteiger charge is -2.23.